The Kier molecular flexibility index (Phi) is 3.44. The summed E-state index contributed by atoms with van der Waals surface area (Å²) in [6, 6.07) is 8.98. The monoisotopic (exact) mass is 210 g/mol. The highest BCUT2D eigenvalue weighted by Crippen LogP contribution is 2.19. The lowest BCUT2D eigenvalue weighted by Gasteiger charge is -2.12. The van der Waals surface area contributed by atoms with E-state index in [1.165, 1.54) is 37.8 Å². The van der Waals surface area contributed by atoms with Crippen molar-refractivity contribution in [2.75, 3.05) is 6.54 Å². The molecular weight excluding hydrogens is 194 g/mol. The Bertz CT molecular complexity index is 273. The SMILES string of the molecule is Clc1ccc(C2CCCCC[NH2+]2)cc1. The average molecular weight is 211 g/mol. The van der Waals surface area contributed by atoms with Gasteiger partial charge >= 0.3 is 0 Å². The van der Waals surface area contributed by atoms with Crippen molar-refractivity contribution in [2.24, 2.45) is 0 Å². The van der Waals surface area contributed by atoms with E-state index < -0.39 is 0 Å². The second kappa shape index (κ2) is 4.81. The third-order valence-electron chi connectivity index (χ3n) is 2.97. The van der Waals surface area contributed by atoms with Crippen molar-refractivity contribution in [1.29, 1.82) is 0 Å². The molecule has 76 valence electrons. The molecule has 2 rings (SSSR count). The Hall–Kier alpha value is -0.530. The minimum absolute atomic E-state index is 0.662. The van der Waals surface area contributed by atoms with Crippen LogP contribution in [0.25, 0.3) is 0 Å². The molecule has 1 unspecified atom stereocenters. The first-order chi connectivity index (χ1) is 6.86. The molecule has 0 amide bonds. The summed E-state index contributed by atoms with van der Waals surface area (Å²) in [5.41, 5.74) is 1.43. The summed E-state index contributed by atoms with van der Waals surface area (Å²) in [5.74, 6) is 0. The summed E-state index contributed by atoms with van der Waals surface area (Å²) in [7, 11) is 0. The largest absolute Gasteiger partial charge is 0.340 e. The fourth-order valence-electron chi connectivity index (χ4n) is 2.13. The molecule has 14 heavy (non-hydrogen) atoms. The Morgan fingerprint density at radius 2 is 1.86 bits per heavy atom. The predicted octanol–water partition coefficient (Wildman–Crippen LogP) is 2.52. The predicted molar refractivity (Wildman–Crippen MR) is 59.5 cm³/mol. The van der Waals surface area contributed by atoms with Crippen LogP contribution in [0.15, 0.2) is 24.3 Å². The molecule has 1 nitrogen and oxygen atoms in total. The lowest BCUT2D eigenvalue weighted by atomic mass is 10.0. The average Bonchev–Trinajstić information content (AvgIpc) is 2.47. The van der Waals surface area contributed by atoms with Crippen molar-refractivity contribution < 1.29 is 5.32 Å². The zero-order valence-corrected chi connectivity index (χ0v) is 9.13. The van der Waals surface area contributed by atoms with E-state index in [1.807, 2.05) is 12.1 Å². The summed E-state index contributed by atoms with van der Waals surface area (Å²) in [5, 5.41) is 3.30. The fraction of sp³-hybridized carbons (Fsp3) is 0.500. The lowest BCUT2D eigenvalue weighted by Crippen LogP contribution is -2.84. The van der Waals surface area contributed by atoms with E-state index >= 15 is 0 Å². The molecular formula is C12H17ClN+. The summed E-state index contributed by atoms with van der Waals surface area (Å²) < 4.78 is 0. The second-order valence-corrected chi connectivity index (χ2v) is 4.47. The quantitative estimate of drug-likeness (QED) is 0.734. The van der Waals surface area contributed by atoms with Crippen LogP contribution in [0.2, 0.25) is 5.02 Å². The van der Waals surface area contributed by atoms with Crippen LogP contribution in [0.5, 0.6) is 0 Å². The van der Waals surface area contributed by atoms with Crippen molar-refractivity contribution in [1.82, 2.24) is 0 Å². The van der Waals surface area contributed by atoms with E-state index in [-0.39, 0.29) is 0 Å². The normalized spacial score (nSPS) is 23.1. The van der Waals surface area contributed by atoms with Gasteiger partial charge in [0.2, 0.25) is 0 Å². The molecule has 0 aliphatic carbocycles. The van der Waals surface area contributed by atoms with Crippen LogP contribution in [0, 0.1) is 0 Å². The zero-order valence-electron chi connectivity index (χ0n) is 8.38. The fourth-order valence-corrected chi connectivity index (χ4v) is 2.26. The maximum absolute atomic E-state index is 5.87. The van der Waals surface area contributed by atoms with Gasteiger partial charge in [-0.05, 0) is 31.4 Å². The van der Waals surface area contributed by atoms with Crippen LogP contribution in [0.1, 0.15) is 37.3 Å². The molecule has 1 heterocycles. The maximum atomic E-state index is 5.87. The minimum atomic E-state index is 0.662. The van der Waals surface area contributed by atoms with Gasteiger partial charge in [-0.3, -0.25) is 0 Å². The molecule has 2 heteroatoms. The highest BCUT2D eigenvalue weighted by molar-refractivity contribution is 6.30. The van der Waals surface area contributed by atoms with Crippen LogP contribution < -0.4 is 5.32 Å². The van der Waals surface area contributed by atoms with E-state index in [1.54, 1.807) is 0 Å². The molecule has 1 aliphatic heterocycles. The van der Waals surface area contributed by atoms with Gasteiger partial charge in [-0.25, -0.2) is 0 Å². The van der Waals surface area contributed by atoms with Crippen molar-refractivity contribution >= 4 is 11.6 Å². The number of rotatable bonds is 1. The Balaban J connectivity index is 2.08. The third-order valence-corrected chi connectivity index (χ3v) is 3.22. The van der Waals surface area contributed by atoms with Crippen LogP contribution in [-0.2, 0) is 0 Å². The van der Waals surface area contributed by atoms with Crippen LogP contribution in [-0.4, -0.2) is 6.54 Å². The van der Waals surface area contributed by atoms with Crippen molar-refractivity contribution in [2.45, 2.75) is 31.7 Å². The first-order valence-electron chi connectivity index (χ1n) is 5.45. The topological polar surface area (TPSA) is 16.6 Å². The molecule has 0 bridgehead atoms. The van der Waals surface area contributed by atoms with Gasteiger partial charge in [-0.2, -0.15) is 0 Å². The number of nitrogens with two attached hydrogens (primary N) is 1. The highest BCUT2D eigenvalue weighted by Gasteiger charge is 2.16. The Morgan fingerprint density at radius 1 is 1.07 bits per heavy atom. The molecule has 0 aromatic heterocycles. The maximum Gasteiger partial charge on any atom is 0.112 e. The molecule has 1 fully saturated rings. The van der Waals surface area contributed by atoms with Gasteiger partial charge < -0.3 is 5.32 Å². The molecule has 0 spiro atoms. The number of hydrogen-bond donors (Lipinski definition) is 1. The van der Waals surface area contributed by atoms with Gasteiger partial charge in [0.05, 0.1) is 6.54 Å². The molecule has 1 aromatic carbocycles. The lowest BCUT2D eigenvalue weighted by molar-refractivity contribution is -0.694. The van der Waals surface area contributed by atoms with Crippen molar-refractivity contribution in [3.05, 3.63) is 34.9 Å². The highest BCUT2D eigenvalue weighted by atomic mass is 35.5. The van der Waals surface area contributed by atoms with Crippen LogP contribution in [0.3, 0.4) is 0 Å². The van der Waals surface area contributed by atoms with E-state index in [0.29, 0.717) is 6.04 Å². The first-order valence-corrected chi connectivity index (χ1v) is 5.83. The van der Waals surface area contributed by atoms with Gasteiger partial charge in [-0.1, -0.05) is 23.7 Å². The number of halogens is 1. The van der Waals surface area contributed by atoms with Gasteiger partial charge in [0.25, 0.3) is 0 Å². The minimum Gasteiger partial charge on any atom is -0.340 e. The van der Waals surface area contributed by atoms with E-state index in [9.17, 15) is 0 Å². The second-order valence-electron chi connectivity index (χ2n) is 4.03. The van der Waals surface area contributed by atoms with Gasteiger partial charge in [0.1, 0.15) is 6.04 Å². The van der Waals surface area contributed by atoms with Gasteiger partial charge in [0.15, 0.2) is 0 Å². The first kappa shape index (κ1) is 10.0. The van der Waals surface area contributed by atoms with Crippen LogP contribution in [0.4, 0.5) is 0 Å². The molecule has 1 atom stereocenters. The molecule has 1 aliphatic rings. The summed E-state index contributed by atoms with van der Waals surface area (Å²) in [4.78, 5) is 0. The molecule has 0 saturated carbocycles. The van der Waals surface area contributed by atoms with E-state index in [4.69, 9.17) is 11.6 Å². The summed E-state index contributed by atoms with van der Waals surface area (Å²) >= 11 is 5.87. The number of benzene rings is 1. The Labute approximate surface area is 90.5 Å². The molecule has 1 saturated heterocycles. The van der Waals surface area contributed by atoms with E-state index in [0.717, 1.165) is 5.02 Å². The summed E-state index contributed by atoms with van der Waals surface area (Å²) in [6.45, 7) is 1.27. The third kappa shape index (κ3) is 2.49. The van der Waals surface area contributed by atoms with Crippen molar-refractivity contribution in [3.63, 3.8) is 0 Å². The molecule has 1 aromatic rings. The van der Waals surface area contributed by atoms with Crippen molar-refractivity contribution in [3.8, 4) is 0 Å². The summed E-state index contributed by atoms with van der Waals surface area (Å²) in [6.07, 6.45) is 5.43. The standard InChI is InChI=1S/C12H16ClN/c13-11-7-5-10(6-8-11)12-4-2-1-3-9-14-12/h5-8,12,14H,1-4,9H2/p+1. The van der Waals surface area contributed by atoms with Gasteiger partial charge in [-0.15, -0.1) is 0 Å². The van der Waals surface area contributed by atoms with E-state index in [2.05, 4.69) is 17.4 Å². The number of hydrogen-bond acceptors (Lipinski definition) is 0. The Morgan fingerprint density at radius 3 is 2.64 bits per heavy atom. The molecule has 2 N–H and O–H groups in total. The van der Waals surface area contributed by atoms with Crippen LogP contribution >= 0.6 is 11.6 Å². The van der Waals surface area contributed by atoms with Gasteiger partial charge in [0, 0.05) is 17.0 Å². The molecule has 0 radical (unpaired) electrons. The number of quaternary nitrogens is 1. The smallest absolute Gasteiger partial charge is 0.112 e. The zero-order chi connectivity index (χ0) is 9.80.